The van der Waals surface area contributed by atoms with Crippen LogP contribution in [0.3, 0.4) is 0 Å². The van der Waals surface area contributed by atoms with Crippen LogP contribution < -0.4 is 0 Å². The Morgan fingerprint density at radius 1 is 1.35 bits per heavy atom. The van der Waals surface area contributed by atoms with E-state index < -0.39 is 5.60 Å². The van der Waals surface area contributed by atoms with E-state index in [2.05, 4.69) is 5.10 Å². The highest BCUT2D eigenvalue weighted by Gasteiger charge is 2.38. The van der Waals surface area contributed by atoms with Crippen molar-refractivity contribution in [2.45, 2.75) is 63.9 Å². The smallest absolute Gasteiger partial charge is 0.165 e. The molecule has 0 N–H and O–H groups in total. The fraction of sp³-hybridized carbons (Fsp3) is 0.750. The molecular formula is C16H26N2O2. The third-order valence-corrected chi connectivity index (χ3v) is 4.37. The minimum atomic E-state index is -0.510. The van der Waals surface area contributed by atoms with Gasteiger partial charge in [0.05, 0.1) is 0 Å². The van der Waals surface area contributed by atoms with Gasteiger partial charge in [0, 0.05) is 32.0 Å². The summed E-state index contributed by atoms with van der Waals surface area (Å²) >= 11 is 0. The predicted octanol–water partition coefficient (Wildman–Crippen LogP) is 3.05. The second kappa shape index (κ2) is 7.02. The van der Waals surface area contributed by atoms with E-state index in [4.69, 9.17) is 4.74 Å². The first-order chi connectivity index (χ1) is 9.68. The first-order valence-corrected chi connectivity index (χ1v) is 7.82. The first-order valence-electron chi connectivity index (χ1n) is 7.82. The van der Waals surface area contributed by atoms with Gasteiger partial charge in [0.1, 0.15) is 5.60 Å². The highest BCUT2D eigenvalue weighted by Crippen LogP contribution is 2.32. The number of ketones is 1. The highest BCUT2D eigenvalue weighted by atomic mass is 16.5. The molecule has 1 aliphatic carbocycles. The summed E-state index contributed by atoms with van der Waals surface area (Å²) in [6.45, 7) is 2.61. The molecule has 20 heavy (non-hydrogen) atoms. The Morgan fingerprint density at radius 3 is 2.60 bits per heavy atom. The summed E-state index contributed by atoms with van der Waals surface area (Å²) in [5, 5.41) is 4.15. The second-order valence-electron chi connectivity index (χ2n) is 5.71. The summed E-state index contributed by atoms with van der Waals surface area (Å²) < 4.78 is 7.78. The summed E-state index contributed by atoms with van der Waals surface area (Å²) in [4.78, 5) is 12.7. The molecule has 4 nitrogen and oxygen atoms in total. The van der Waals surface area contributed by atoms with E-state index in [-0.39, 0.29) is 5.78 Å². The number of rotatable bonds is 6. The molecule has 2 rings (SSSR count). The minimum Gasteiger partial charge on any atom is -0.368 e. The largest absolute Gasteiger partial charge is 0.368 e. The number of nitrogens with zero attached hydrogens (tertiary/aromatic N) is 2. The van der Waals surface area contributed by atoms with Crippen molar-refractivity contribution in [3.63, 3.8) is 0 Å². The number of ether oxygens (including phenoxy) is 1. The lowest BCUT2D eigenvalue weighted by Gasteiger charge is -2.31. The Bertz CT molecular complexity index is 431. The van der Waals surface area contributed by atoms with E-state index in [1.807, 2.05) is 24.7 Å². The van der Waals surface area contributed by atoms with Gasteiger partial charge in [-0.1, -0.05) is 25.7 Å². The molecule has 0 saturated heterocycles. The number of hydrogen-bond donors (Lipinski definition) is 0. The van der Waals surface area contributed by atoms with Gasteiger partial charge in [-0.2, -0.15) is 5.10 Å². The Kier molecular flexibility index (Phi) is 5.35. The second-order valence-corrected chi connectivity index (χ2v) is 5.71. The van der Waals surface area contributed by atoms with Gasteiger partial charge in [-0.3, -0.25) is 9.48 Å². The Balaban J connectivity index is 2.01. The van der Waals surface area contributed by atoms with Crippen molar-refractivity contribution >= 4 is 5.78 Å². The van der Waals surface area contributed by atoms with E-state index in [1.165, 1.54) is 12.8 Å². The molecule has 0 radical (unpaired) electrons. The SMILES string of the molecule is CCOC1(C(=O)CCc2ccnn2C)CCCCCC1. The lowest BCUT2D eigenvalue weighted by atomic mass is 9.87. The van der Waals surface area contributed by atoms with Gasteiger partial charge in [-0.05, 0) is 32.3 Å². The summed E-state index contributed by atoms with van der Waals surface area (Å²) in [6, 6.07) is 1.98. The van der Waals surface area contributed by atoms with Gasteiger partial charge < -0.3 is 4.74 Å². The van der Waals surface area contributed by atoms with Gasteiger partial charge in [0.15, 0.2) is 5.78 Å². The molecular weight excluding hydrogens is 252 g/mol. The number of aromatic nitrogens is 2. The zero-order valence-electron chi connectivity index (χ0n) is 12.7. The zero-order valence-corrected chi connectivity index (χ0v) is 12.7. The van der Waals surface area contributed by atoms with Crippen molar-refractivity contribution in [1.82, 2.24) is 9.78 Å². The standard InChI is InChI=1S/C16H26N2O2/c1-3-20-16(11-6-4-5-7-12-16)15(19)9-8-14-10-13-17-18(14)2/h10,13H,3-9,11-12H2,1-2H3. The molecule has 0 unspecified atom stereocenters. The normalized spacial score (nSPS) is 18.7. The minimum absolute atomic E-state index is 0.280. The summed E-state index contributed by atoms with van der Waals surface area (Å²) in [7, 11) is 1.92. The number of carbonyl (C=O) groups excluding carboxylic acids is 1. The molecule has 0 aromatic carbocycles. The molecule has 1 aliphatic rings. The highest BCUT2D eigenvalue weighted by molar-refractivity contribution is 5.87. The van der Waals surface area contributed by atoms with E-state index in [9.17, 15) is 4.79 Å². The molecule has 0 amide bonds. The monoisotopic (exact) mass is 278 g/mol. The predicted molar refractivity (Wildman–Crippen MR) is 78.6 cm³/mol. The van der Waals surface area contributed by atoms with Crippen LogP contribution in [0.2, 0.25) is 0 Å². The van der Waals surface area contributed by atoms with Crippen molar-refractivity contribution in [3.8, 4) is 0 Å². The zero-order chi connectivity index (χ0) is 14.4. The van der Waals surface area contributed by atoms with Gasteiger partial charge in [0.25, 0.3) is 0 Å². The summed E-state index contributed by atoms with van der Waals surface area (Å²) in [5.74, 6) is 0.280. The molecule has 1 aromatic rings. The van der Waals surface area contributed by atoms with E-state index in [0.29, 0.717) is 13.0 Å². The first kappa shape index (κ1) is 15.2. The van der Waals surface area contributed by atoms with Crippen LogP contribution in [0.1, 0.15) is 57.6 Å². The van der Waals surface area contributed by atoms with Crippen LogP contribution in [0.5, 0.6) is 0 Å². The topological polar surface area (TPSA) is 44.1 Å². The van der Waals surface area contributed by atoms with Crippen LogP contribution in [0, 0.1) is 0 Å². The molecule has 1 saturated carbocycles. The van der Waals surface area contributed by atoms with Crippen LogP contribution in [-0.4, -0.2) is 27.8 Å². The van der Waals surface area contributed by atoms with Crippen molar-refractivity contribution in [3.05, 3.63) is 18.0 Å². The molecule has 0 bridgehead atoms. The maximum absolute atomic E-state index is 12.7. The molecule has 1 fully saturated rings. The van der Waals surface area contributed by atoms with Crippen LogP contribution in [0.4, 0.5) is 0 Å². The third-order valence-electron chi connectivity index (χ3n) is 4.37. The third kappa shape index (κ3) is 3.48. The fourth-order valence-corrected chi connectivity index (χ4v) is 3.20. The average molecular weight is 278 g/mol. The van der Waals surface area contributed by atoms with Crippen LogP contribution >= 0.6 is 0 Å². The molecule has 0 atom stereocenters. The van der Waals surface area contributed by atoms with Gasteiger partial charge in [-0.15, -0.1) is 0 Å². The molecule has 112 valence electrons. The van der Waals surface area contributed by atoms with Crippen molar-refractivity contribution in [2.24, 2.45) is 7.05 Å². The molecule has 1 heterocycles. The average Bonchev–Trinajstić information content (AvgIpc) is 2.70. The summed E-state index contributed by atoms with van der Waals surface area (Å²) in [5.41, 5.74) is 0.600. The van der Waals surface area contributed by atoms with Gasteiger partial charge >= 0.3 is 0 Å². The Labute approximate surface area is 121 Å². The van der Waals surface area contributed by atoms with E-state index >= 15 is 0 Å². The quantitative estimate of drug-likeness (QED) is 0.751. The maximum atomic E-state index is 12.7. The number of hydrogen-bond acceptors (Lipinski definition) is 3. The fourth-order valence-electron chi connectivity index (χ4n) is 3.20. The van der Waals surface area contributed by atoms with Crippen LogP contribution in [0.25, 0.3) is 0 Å². The van der Waals surface area contributed by atoms with Gasteiger partial charge in [-0.25, -0.2) is 0 Å². The van der Waals surface area contributed by atoms with E-state index in [0.717, 1.165) is 37.8 Å². The maximum Gasteiger partial charge on any atom is 0.165 e. The van der Waals surface area contributed by atoms with Crippen molar-refractivity contribution in [1.29, 1.82) is 0 Å². The lowest BCUT2D eigenvalue weighted by molar-refractivity contribution is -0.146. The lowest BCUT2D eigenvalue weighted by Crippen LogP contribution is -2.41. The molecule has 1 aromatic heterocycles. The van der Waals surface area contributed by atoms with Crippen molar-refractivity contribution < 1.29 is 9.53 Å². The van der Waals surface area contributed by atoms with Crippen LogP contribution in [-0.2, 0) is 23.0 Å². The summed E-state index contributed by atoms with van der Waals surface area (Å²) in [6.07, 6.45) is 9.55. The molecule has 0 aliphatic heterocycles. The van der Waals surface area contributed by atoms with E-state index in [1.54, 1.807) is 6.20 Å². The Morgan fingerprint density at radius 2 is 2.05 bits per heavy atom. The molecule has 0 spiro atoms. The number of carbonyl (C=O) groups is 1. The number of Topliss-reactive ketones (excluding diaryl/α,β-unsaturated/α-hetero) is 1. The van der Waals surface area contributed by atoms with Gasteiger partial charge in [0.2, 0.25) is 0 Å². The van der Waals surface area contributed by atoms with Crippen LogP contribution in [0.15, 0.2) is 12.3 Å². The Hall–Kier alpha value is -1.16. The van der Waals surface area contributed by atoms with Crippen molar-refractivity contribution in [2.75, 3.05) is 6.61 Å². The molecule has 4 heteroatoms. The number of aryl methyl sites for hydroxylation is 2.